The molecule has 0 radical (unpaired) electrons. The van der Waals surface area contributed by atoms with Crippen LogP contribution in [-0.2, 0) is 9.53 Å². The highest BCUT2D eigenvalue weighted by Gasteiger charge is 2.20. The Balaban J connectivity index is 1.58. The molecular weight excluding hydrogens is 388 g/mol. The number of hydrogen-bond acceptors (Lipinski definition) is 5. The summed E-state index contributed by atoms with van der Waals surface area (Å²) in [6, 6.07) is 10.0. The van der Waals surface area contributed by atoms with Gasteiger partial charge in [-0.05, 0) is 62.3 Å². The van der Waals surface area contributed by atoms with Gasteiger partial charge >= 0.3 is 5.97 Å². The summed E-state index contributed by atoms with van der Waals surface area (Å²) in [5.41, 5.74) is 1.78. The molecule has 1 aliphatic carbocycles. The number of nitrogens with one attached hydrogen (secondary N) is 1. The highest BCUT2D eigenvalue weighted by molar-refractivity contribution is 7.12. The van der Waals surface area contributed by atoms with Crippen LogP contribution in [0.15, 0.2) is 53.6 Å². The third-order valence-electron chi connectivity index (χ3n) is 4.66. The van der Waals surface area contributed by atoms with E-state index in [1.807, 2.05) is 12.3 Å². The van der Waals surface area contributed by atoms with E-state index in [-0.39, 0.29) is 24.0 Å². The smallest absolute Gasteiger partial charge is 0.338 e. The number of anilines is 1. The topological polar surface area (TPSA) is 75.7 Å². The maximum absolute atomic E-state index is 12.5. The zero-order chi connectivity index (χ0) is 20.6. The molecule has 7 heteroatoms. The van der Waals surface area contributed by atoms with E-state index in [9.17, 15) is 14.4 Å². The molecule has 1 N–H and O–H groups in total. The number of ether oxygens (including phenoxy) is 1. The molecule has 0 aliphatic heterocycles. The maximum Gasteiger partial charge on any atom is 0.338 e. The Bertz CT molecular complexity index is 905. The number of hydrogen-bond donors (Lipinski definition) is 1. The van der Waals surface area contributed by atoms with Gasteiger partial charge in [0.05, 0.1) is 10.4 Å². The first kappa shape index (κ1) is 20.8. The van der Waals surface area contributed by atoms with E-state index < -0.39 is 5.97 Å². The van der Waals surface area contributed by atoms with Crippen LogP contribution < -0.4 is 5.32 Å². The molecule has 0 saturated heterocycles. The molecule has 152 valence electrons. The Labute approximate surface area is 174 Å². The zero-order valence-electron chi connectivity index (χ0n) is 16.3. The molecule has 0 bridgehead atoms. The third kappa shape index (κ3) is 5.54. The lowest BCUT2D eigenvalue weighted by molar-refractivity contribution is -0.132. The predicted molar refractivity (Wildman–Crippen MR) is 113 cm³/mol. The van der Waals surface area contributed by atoms with Gasteiger partial charge in [-0.25, -0.2) is 4.79 Å². The lowest BCUT2D eigenvalue weighted by Gasteiger charge is -2.26. The van der Waals surface area contributed by atoms with Crippen molar-refractivity contribution < 1.29 is 19.1 Å². The van der Waals surface area contributed by atoms with Crippen molar-refractivity contribution in [3.63, 3.8) is 0 Å². The van der Waals surface area contributed by atoms with Crippen LogP contribution in [0.1, 0.15) is 52.6 Å². The largest absolute Gasteiger partial charge is 0.452 e. The van der Waals surface area contributed by atoms with Gasteiger partial charge in [-0.3, -0.25) is 9.59 Å². The number of rotatable bonds is 7. The summed E-state index contributed by atoms with van der Waals surface area (Å²) in [6.07, 6.45) is 6.15. The predicted octanol–water partition coefficient (Wildman–Crippen LogP) is 4.46. The number of carbonyl (C=O) groups excluding carboxylic acids is 3. The van der Waals surface area contributed by atoms with Crippen LogP contribution in [0.25, 0.3) is 0 Å². The van der Waals surface area contributed by atoms with Gasteiger partial charge < -0.3 is 15.0 Å². The van der Waals surface area contributed by atoms with Crippen LogP contribution in [0.2, 0.25) is 0 Å². The molecule has 0 spiro atoms. The van der Waals surface area contributed by atoms with Crippen molar-refractivity contribution in [2.45, 2.75) is 32.6 Å². The minimum absolute atomic E-state index is 0.226. The summed E-state index contributed by atoms with van der Waals surface area (Å²) >= 11 is 1.34. The fourth-order valence-corrected chi connectivity index (χ4v) is 3.84. The number of carbonyl (C=O) groups is 3. The molecule has 29 heavy (non-hydrogen) atoms. The quantitative estimate of drug-likeness (QED) is 0.681. The van der Waals surface area contributed by atoms with Crippen LogP contribution in [0.4, 0.5) is 5.69 Å². The van der Waals surface area contributed by atoms with Crippen molar-refractivity contribution in [1.29, 1.82) is 0 Å². The molecule has 0 unspecified atom stereocenters. The van der Waals surface area contributed by atoms with Gasteiger partial charge in [-0.1, -0.05) is 18.2 Å². The normalized spacial score (nSPS) is 13.3. The van der Waals surface area contributed by atoms with E-state index in [1.165, 1.54) is 11.3 Å². The van der Waals surface area contributed by atoms with Gasteiger partial charge in [0.1, 0.15) is 0 Å². The number of thiophene rings is 1. The van der Waals surface area contributed by atoms with Gasteiger partial charge in [0.2, 0.25) is 0 Å². The number of allylic oxidation sites excluding steroid dienone is 2. The summed E-state index contributed by atoms with van der Waals surface area (Å²) in [4.78, 5) is 39.3. The van der Waals surface area contributed by atoms with Crippen LogP contribution in [0, 0.1) is 0 Å². The first-order valence-corrected chi connectivity index (χ1v) is 10.6. The van der Waals surface area contributed by atoms with Gasteiger partial charge in [-0.2, -0.15) is 0 Å². The molecule has 0 fully saturated rings. The van der Waals surface area contributed by atoms with E-state index in [0.29, 0.717) is 17.1 Å². The maximum atomic E-state index is 12.5. The molecule has 0 atom stereocenters. The number of amides is 2. The van der Waals surface area contributed by atoms with Crippen LogP contribution >= 0.6 is 11.3 Å². The molecule has 2 amide bonds. The number of nitrogens with zero attached hydrogens (tertiary/aromatic N) is 1. The van der Waals surface area contributed by atoms with Crippen molar-refractivity contribution in [1.82, 2.24) is 4.90 Å². The summed E-state index contributed by atoms with van der Waals surface area (Å²) < 4.78 is 5.23. The molecule has 2 aromatic rings. The van der Waals surface area contributed by atoms with E-state index in [1.54, 1.807) is 41.3 Å². The highest BCUT2D eigenvalue weighted by atomic mass is 32.1. The molecule has 3 rings (SSSR count). The Morgan fingerprint density at radius 1 is 1.17 bits per heavy atom. The molecule has 0 saturated carbocycles. The van der Waals surface area contributed by atoms with E-state index in [4.69, 9.17) is 4.74 Å². The summed E-state index contributed by atoms with van der Waals surface area (Å²) in [5, 5.41) is 4.58. The number of esters is 1. The SMILES string of the molecule is CCN(C(=O)COC(=O)c1cccc(NC(=O)c2cccs2)c1)C1=CCCCC1. The second kappa shape index (κ2) is 10.0. The van der Waals surface area contributed by atoms with Crippen LogP contribution in [0.5, 0.6) is 0 Å². The number of likely N-dealkylation sites (N-methyl/N-ethyl adjacent to an activating group) is 1. The van der Waals surface area contributed by atoms with Gasteiger partial charge in [-0.15, -0.1) is 11.3 Å². The molecule has 1 heterocycles. The van der Waals surface area contributed by atoms with Crippen molar-refractivity contribution in [2.75, 3.05) is 18.5 Å². The Morgan fingerprint density at radius 2 is 2.03 bits per heavy atom. The second-order valence-corrected chi connectivity index (χ2v) is 7.62. The van der Waals surface area contributed by atoms with E-state index in [2.05, 4.69) is 11.4 Å². The zero-order valence-corrected chi connectivity index (χ0v) is 17.2. The van der Waals surface area contributed by atoms with Crippen LogP contribution in [-0.4, -0.2) is 35.8 Å². The fourth-order valence-electron chi connectivity index (χ4n) is 3.22. The first-order valence-electron chi connectivity index (χ1n) is 9.70. The van der Waals surface area contributed by atoms with Crippen molar-refractivity contribution in [2.24, 2.45) is 0 Å². The van der Waals surface area contributed by atoms with E-state index in [0.717, 1.165) is 31.4 Å². The Morgan fingerprint density at radius 3 is 2.72 bits per heavy atom. The van der Waals surface area contributed by atoms with Gasteiger partial charge in [0.25, 0.3) is 11.8 Å². The minimum atomic E-state index is -0.598. The molecule has 1 aromatic heterocycles. The summed E-state index contributed by atoms with van der Waals surface area (Å²) in [6.45, 7) is 2.15. The summed E-state index contributed by atoms with van der Waals surface area (Å²) in [5.74, 6) is -1.06. The fraction of sp³-hybridized carbons (Fsp3) is 0.318. The monoisotopic (exact) mass is 412 g/mol. The van der Waals surface area contributed by atoms with Gasteiger partial charge in [0.15, 0.2) is 6.61 Å². The van der Waals surface area contributed by atoms with Crippen molar-refractivity contribution in [3.8, 4) is 0 Å². The molecule has 1 aliphatic rings. The first-order chi connectivity index (χ1) is 14.1. The van der Waals surface area contributed by atoms with Crippen molar-refractivity contribution >= 4 is 34.8 Å². The third-order valence-corrected chi connectivity index (χ3v) is 5.53. The van der Waals surface area contributed by atoms with E-state index >= 15 is 0 Å². The van der Waals surface area contributed by atoms with Crippen LogP contribution in [0.3, 0.4) is 0 Å². The molecule has 6 nitrogen and oxygen atoms in total. The van der Waals surface area contributed by atoms with Gasteiger partial charge in [0, 0.05) is 17.9 Å². The second-order valence-electron chi connectivity index (χ2n) is 6.67. The van der Waals surface area contributed by atoms with Crippen molar-refractivity contribution in [3.05, 3.63) is 64.0 Å². The average Bonchev–Trinajstić information content (AvgIpc) is 3.29. The summed E-state index contributed by atoms with van der Waals surface area (Å²) in [7, 11) is 0. The highest BCUT2D eigenvalue weighted by Crippen LogP contribution is 2.21. The average molecular weight is 413 g/mol. The lowest BCUT2D eigenvalue weighted by atomic mass is 10.0. The molecule has 1 aromatic carbocycles. The molecular formula is C22H24N2O4S. The lowest BCUT2D eigenvalue weighted by Crippen LogP contribution is -2.34. The standard InChI is InChI=1S/C22H24N2O4S/c1-2-24(18-10-4-3-5-11-18)20(25)15-28-22(27)16-8-6-9-17(14-16)23-21(26)19-12-7-13-29-19/h6-10,12-14H,2-5,11,15H2,1H3,(H,23,26). The number of benzene rings is 1. The minimum Gasteiger partial charge on any atom is -0.452 e. The Kier molecular flexibility index (Phi) is 7.19. The Hall–Kier alpha value is -2.93.